The number of sulfone groups is 1. The van der Waals surface area contributed by atoms with Gasteiger partial charge in [0.25, 0.3) is 0 Å². The second-order valence-electron chi connectivity index (χ2n) is 6.41. The third kappa shape index (κ3) is 8.62. The van der Waals surface area contributed by atoms with Gasteiger partial charge in [0.2, 0.25) is 0 Å². The average Bonchev–Trinajstić information content (AvgIpc) is 2.61. The summed E-state index contributed by atoms with van der Waals surface area (Å²) >= 11 is 0. The predicted molar refractivity (Wildman–Crippen MR) is 115 cm³/mol. The van der Waals surface area contributed by atoms with Gasteiger partial charge >= 0.3 is 6.18 Å². The molecule has 0 saturated carbocycles. The van der Waals surface area contributed by atoms with Crippen molar-refractivity contribution in [3.05, 3.63) is 35.1 Å². The summed E-state index contributed by atoms with van der Waals surface area (Å²) in [5.74, 6) is -0.351. The van der Waals surface area contributed by atoms with Crippen LogP contribution in [0.25, 0.3) is 0 Å². The smallest absolute Gasteiger partial charge is 0.357 e. The highest BCUT2D eigenvalue weighted by Crippen LogP contribution is 2.32. The van der Waals surface area contributed by atoms with Crippen molar-refractivity contribution >= 4 is 39.8 Å². The Labute approximate surface area is 185 Å². The third-order valence-corrected chi connectivity index (χ3v) is 5.90. The van der Waals surface area contributed by atoms with Crippen LogP contribution >= 0.6 is 24.0 Å². The Bertz CT molecular complexity index is 789. The van der Waals surface area contributed by atoms with E-state index < -0.39 is 27.4 Å². The summed E-state index contributed by atoms with van der Waals surface area (Å²) in [5, 5.41) is 5.96. The Balaban J connectivity index is 0.00000420. The lowest BCUT2D eigenvalue weighted by atomic mass is 10.1. The fraction of sp³-hybridized carbons (Fsp3) is 0.588. The maximum absolute atomic E-state index is 13.2. The summed E-state index contributed by atoms with van der Waals surface area (Å²) in [7, 11) is -2.94. The van der Waals surface area contributed by atoms with Crippen LogP contribution in [0.1, 0.15) is 18.1 Å². The van der Waals surface area contributed by atoms with Gasteiger partial charge in [0.15, 0.2) is 15.8 Å². The van der Waals surface area contributed by atoms with Crippen molar-refractivity contribution in [2.24, 2.45) is 4.99 Å². The number of rotatable bonds is 6. The number of nitrogens with zero attached hydrogens (tertiary/aromatic N) is 2. The minimum absolute atomic E-state index is 0. The van der Waals surface area contributed by atoms with Crippen LogP contribution in [0, 0.1) is 5.82 Å². The second-order valence-corrected chi connectivity index (χ2v) is 8.72. The Morgan fingerprint density at radius 3 is 2.45 bits per heavy atom. The van der Waals surface area contributed by atoms with Crippen LogP contribution in [0.3, 0.4) is 0 Å². The summed E-state index contributed by atoms with van der Waals surface area (Å²) in [5.41, 5.74) is -1.16. The number of guanidine groups is 1. The van der Waals surface area contributed by atoms with E-state index in [4.69, 9.17) is 0 Å². The van der Waals surface area contributed by atoms with Gasteiger partial charge in [0, 0.05) is 32.7 Å². The third-order valence-electron chi connectivity index (χ3n) is 4.29. The predicted octanol–water partition coefficient (Wildman–Crippen LogP) is 2.25. The summed E-state index contributed by atoms with van der Waals surface area (Å²) in [6.45, 7) is 4.05. The molecule has 1 saturated heterocycles. The zero-order valence-corrected chi connectivity index (χ0v) is 19.1. The second kappa shape index (κ2) is 11.3. The number of aliphatic imine (C=N–C) groups is 1. The molecule has 0 bridgehead atoms. The number of benzene rings is 1. The molecule has 1 aromatic rings. The maximum Gasteiger partial charge on any atom is 0.416 e. The van der Waals surface area contributed by atoms with Crippen molar-refractivity contribution in [2.45, 2.75) is 19.6 Å². The van der Waals surface area contributed by atoms with E-state index in [2.05, 4.69) is 15.6 Å². The molecule has 0 aromatic heterocycles. The lowest BCUT2D eigenvalue weighted by Crippen LogP contribution is -2.45. The van der Waals surface area contributed by atoms with Crippen molar-refractivity contribution < 1.29 is 26.0 Å². The lowest BCUT2D eigenvalue weighted by molar-refractivity contribution is -0.138. The van der Waals surface area contributed by atoms with Gasteiger partial charge in [-0.25, -0.2) is 17.8 Å². The zero-order valence-electron chi connectivity index (χ0n) is 15.9. The van der Waals surface area contributed by atoms with Crippen LogP contribution in [-0.2, 0) is 22.6 Å². The first-order valence-corrected chi connectivity index (χ1v) is 10.7. The summed E-state index contributed by atoms with van der Waals surface area (Å²) < 4.78 is 75.2. The fourth-order valence-electron chi connectivity index (χ4n) is 2.76. The van der Waals surface area contributed by atoms with E-state index in [0.29, 0.717) is 44.7 Å². The van der Waals surface area contributed by atoms with Crippen LogP contribution in [-0.4, -0.2) is 63.5 Å². The standard InChI is InChI=1S/C17H24F4N4O2S.HI/c1-2-22-16(23-5-6-25-7-9-28(26,27)10-8-25)24-12-13-3-4-14(18)11-15(13)17(19,20)21;/h3-4,11H,2,5-10,12H2,1H3,(H2,22,23,24);1H. The van der Waals surface area contributed by atoms with Crippen molar-refractivity contribution in [3.8, 4) is 0 Å². The van der Waals surface area contributed by atoms with Crippen molar-refractivity contribution in [2.75, 3.05) is 44.2 Å². The van der Waals surface area contributed by atoms with E-state index in [1.165, 1.54) is 0 Å². The van der Waals surface area contributed by atoms with Gasteiger partial charge in [-0.3, -0.25) is 4.90 Å². The molecule has 6 nitrogen and oxygen atoms in total. The minimum Gasteiger partial charge on any atom is -0.357 e. The molecule has 0 aliphatic carbocycles. The van der Waals surface area contributed by atoms with E-state index in [1.807, 2.05) is 11.8 Å². The number of halogens is 5. The van der Waals surface area contributed by atoms with E-state index in [-0.39, 0.29) is 47.6 Å². The molecule has 0 unspecified atom stereocenters. The summed E-state index contributed by atoms with van der Waals surface area (Å²) in [6, 6.07) is 2.53. The van der Waals surface area contributed by atoms with Crippen LogP contribution in [0.2, 0.25) is 0 Å². The quantitative estimate of drug-likeness (QED) is 0.245. The van der Waals surface area contributed by atoms with Crippen molar-refractivity contribution in [3.63, 3.8) is 0 Å². The number of alkyl halides is 3. The SMILES string of the molecule is CCNC(=NCc1ccc(F)cc1C(F)(F)F)NCCN1CCS(=O)(=O)CC1.I. The van der Waals surface area contributed by atoms with E-state index in [0.717, 1.165) is 12.1 Å². The molecule has 1 aliphatic heterocycles. The fourth-order valence-corrected chi connectivity index (χ4v) is 4.04. The molecular formula is C17H25F4IN4O2S. The molecule has 12 heteroatoms. The first-order chi connectivity index (χ1) is 13.1. The molecule has 0 amide bonds. The van der Waals surface area contributed by atoms with Gasteiger partial charge < -0.3 is 10.6 Å². The topological polar surface area (TPSA) is 73.8 Å². The largest absolute Gasteiger partial charge is 0.416 e. The van der Waals surface area contributed by atoms with E-state index in [1.54, 1.807) is 0 Å². The first-order valence-electron chi connectivity index (χ1n) is 8.91. The molecule has 166 valence electrons. The molecule has 1 fully saturated rings. The molecule has 2 N–H and O–H groups in total. The van der Waals surface area contributed by atoms with Gasteiger partial charge in [-0.1, -0.05) is 6.07 Å². The molecule has 1 aromatic carbocycles. The Hall–Kier alpha value is -1.15. The number of hydrogen-bond acceptors (Lipinski definition) is 4. The maximum atomic E-state index is 13.2. The number of nitrogens with one attached hydrogen (secondary N) is 2. The first kappa shape index (κ1) is 25.9. The monoisotopic (exact) mass is 552 g/mol. The van der Waals surface area contributed by atoms with Crippen molar-refractivity contribution in [1.29, 1.82) is 0 Å². The van der Waals surface area contributed by atoms with Gasteiger partial charge in [-0.2, -0.15) is 13.2 Å². The molecule has 2 rings (SSSR count). The molecule has 29 heavy (non-hydrogen) atoms. The highest BCUT2D eigenvalue weighted by molar-refractivity contribution is 14.0. The van der Waals surface area contributed by atoms with Crippen LogP contribution in [0.15, 0.2) is 23.2 Å². The molecule has 0 radical (unpaired) electrons. The molecule has 1 aliphatic rings. The number of hydrogen-bond donors (Lipinski definition) is 2. The van der Waals surface area contributed by atoms with Gasteiger partial charge in [-0.05, 0) is 24.6 Å². The Morgan fingerprint density at radius 2 is 1.86 bits per heavy atom. The van der Waals surface area contributed by atoms with Gasteiger partial charge in [0.1, 0.15) is 5.82 Å². The van der Waals surface area contributed by atoms with Crippen LogP contribution in [0.5, 0.6) is 0 Å². The zero-order chi connectivity index (χ0) is 20.8. The van der Waals surface area contributed by atoms with E-state index in [9.17, 15) is 26.0 Å². The average molecular weight is 552 g/mol. The molecular weight excluding hydrogens is 527 g/mol. The minimum atomic E-state index is -4.66. The van der Waals surface area contributed by atoms with Gasteiger partial charge in [-0.15, -0.1) is 24.0 Å². The van der Waals surface area contributed by atoms with Crippen LogP contribution in [0.4, 0.5) is 17.6 Å². The Morgan fingerprint density at radius 1 is 1.21 bits per heavy atom. The molecule has 1 heterocycles. The molecule has 0 atom stereocenters. The van der Waals surface area contributed by atoms with Crippen LogP contribution < -0.4 is 10.6 Å². The highest BCUT2D eigenvalue weighted by Gasteiger charge is 2.33. The summed E-state index contributed by atoms with van der Waals surface area (Å²) in [4.78, 5) is 6.15. The normalized spacial score (nSPS) is 17.5. The van der Waals surface area contributed by atoms with Gasteiger partial charge in [0.05, 0.1) is 23.6 Å². The van der Waals surface area contributed by atoms with E-state index >= 15 is 0 Å². The summed E-state index contributed by atoms with van der Waals surface area (Å²) in [6.07, 6.45) is -4.66. The highest BCUT2D eigenvalue weighted by atomic mass is 127. The molecule has 0 spiro atoms. The Kier molecular flexibility index (Phi) is 10.1. The van der Waals surface area contributed by atoms with Crippen molar-refractivity contribution in [1.82, 2.24) is 15.5 Å². The lowest BCUT2D eigenvalue weighted by Gasteiger charge is -2.26.